The van der Waals surface area contributed by atoms with Gasteiger partial charge in [0, 0.05) is 6.04 Å². The summed E-state index contributed by atoms with van der Waals surface area (Å²) in [6, 6.07) is 5.02. The van der Waals surface area contributed by atoms with Crippen molar-refractivity contribution in [1.29, 1.82) is 0 Å². The van der Waals surface area contributed by atoms with Gasteiger partial charge in [-0.1, -0.05) is 26.7 Å². The Balaban J connectivity index is 1.91. The molecular formula is C21H31NO5. The Morgan fingerprint density at radius 3 is 2.48 bits per heavy atom. The smallest absolute Gasteiger partial charge is 0.338 e. The Kier molecular flexibility index (Phi) is 7.95. The highest BCUT2D eigenvalue weighted by molar-refractivity contribution is 5.92. The highest BCUT2D eigenvalue weighted by Crippen LogP contribution is 2.30. The molecule has 1 saturated carbocycles. The third-order valence-corrected chi connectivity index (χ3v) is 5.17. The van der Waals surface area contributed by atoms with Crippen molar-refractivity contribution in [1.82, 2.24) is 5.32 Å². The van der Waals surface area contributed by atoms with Crippen LogP contribution in [0.1, 0.15) is 57.3 Å². The molecule has 1 N–H and O–H groups in total. The quantitative estimate of drug-likeness (QED) is 0.701. The summed E-state index contributed by atoms with van der Waals surface area (Å²) in [6.07, 6.45) is 3.28. The van der Waals surface area contributed by atoms with Crippen molar-refractivity contribution in [3.63, 3.8) is 0 Å². The molecule has 0 aromatic heterocycles. The maximum absolute atomic E-state index is 12.3. The lowest BCUT2D eigenvalue weighted by atomic mass is 9.78. The second-order valence-electron chi connectivity index (χ2n) is 7.04. The van der Waals surface area contributed by atoms with Crippen LogP contribution in [0, 0.1) is 11.8 Å². The van der Waals surface area contributed by atoms with E-state index in [4.69, 9.17) is 14.2 Å². The first-order chi connectivity index (χ1) is 13.0. The fourth-order valence-corrected chi connectivity index (χ4v) is 3.43. The summed E-state index contributed by atoms with van der Waals surface area (Å²) < 4.78 is 16.2. The summed E-state index contributed by atoms with van der Waals surface area (Å²) in [5.41, 5.74) is 0.328. The SMILES string of the molecule is CCOc1ccc(C(=O)OCC(=O)N[C@H]2CCC[C@H](C)[C@@H]2C)cc1OCC. The molecule has 1 aromatic carbocycles. The van der Waals surface area contributed by atoms with E-state index in [1.54, 1.807) is 18.2 Å². The molecular weight excluding hydrogens is 346 g/mol. The Morgan fingerprint density at radius 1 is 1.07 bits per heavy atom. The lowest BCUT2D eigenvalue weighted by Crippen LogP contribution is -2.45. The lowest BCUT2D eigenvalue weighted by Gasteiger charge is -2.34. The van der Waals surface area contributed by atoms with Gasteiger partial charge in [0.2, 0.25) is 0 Å². The van der Waals surface area contributed by atoms with Crippen LogP contribution in [0.25, 0.3) is 0 Å². The number of nitrogens with one attached hydrogen (secondary N) is 1. The number of rotatable bonds is 8. The van der Waals surface area contributed by atoms with Gasteiger partial charge >= 0.3 is 5.97 Å². The average molecular weight is 377 g/mol. The van der Waals surface area contributed by atoms with Crippen LogP contribution in [0.4, 0.5) is 0 Å². The second-order valence-corrected chi connectivity index (χ2v) is 7.04. The second kappa shape index (κ2) is 10.2. The van der Waals surface area contributed by atoms with Gasteiger partial charge in [0.05, 0.1) is 18.8 Å². The standard InChI is InChI=1S/C21H31NO5/c1-5-25-18-11-10-16(12-19(18)26-6-2)21(24)27-13-20(23)22-17-9-7-8-14(3)15(17)4/h10-12,14-15,17H,5-9,13H2,1-4H3,(H,22,23)/t14-,15-,17-/m0/s1. The van der Waals surface area contributed by atoms with E-state index in [1.165, 1.54) is 6.42 Å². The fourth-order valence-electron chi connectivity index (χ4n) is 3.43. The van der Waals surface area contributed by atoms with Gasteiger partial charge in [-0.3, -0.25) is 4.79 Å². The summed E-state index contributed by atoms with van der Waals surface area (Å²) in [7, 11) is 0. The van der Waals surface area contributed by atoms with Gasteiger partial charge in [-0.25, -0.2) is 4.79 Å². The molecule has 27 heavy (non-hydrogen) atoms. The molecule has 6 nitrogen and oxygen atoms in total. The van der Waals surface area contributed by atoms with E-state index in [0.29, 0.717) is 42.1 Å². The Labute approximate surface area is 161 Å². The Morgan fingerprint density at radius 2 is 1.78 bits per heavy atom. The first kappa shape index (κ1) is 21.1. The molecule has 150 valence electrons. The van der Waals surface area contributed by atoms with E-state index in [2.05, 4.69) is 19.2 Å². The number of carbonyl (C=O) groups excluding carboxylic acids is 2. The summed E-state index contributed by atoms with van der Waals surface area (Å²) in [6.45, 7) is 8.79. The fraction of sp³-hybridized carbons (Fsp3) is 0.619. The molecule has 0 aliphatic heterocycles. The van der Waals surface area contributed by atoms with E-state index >= 15 is 0 Å². The van der Waals surface area contributed by atoms with Crippen LogP contribution in [0.2, 0.25) is 0 Å². The monoisotopic (exact) mass is 377 g/mol. The number of hydrogen-bond acceptors (Lipinski definition) is 5. The third-order valence-electron chi connectivity index (χ3n) is 5.17. The van der Waals surface area contributed by atoms with Gasteiger partial charge in [0.15, 0.2) is 18.1 Å². The zero-order chi connectivity index (χ0) is 19.8. The first-order valence-corrected chi connectivity index (χ1v) is 9.82. The predicted molar refractivity (Wildman–Crippen MR) is 103 cm³/mol. The number of hydrogen-bond donors (Lipinski definition) is 1. The van der Waals surface area contributed by atoms with E-state index in [-0.39, 0.29) is 18.6 Å². The molecule has 1 aliphatic carbocycles. The van der Waals surface area contributed by atoms with Crippen molar-refractivity contribution in [2.45, 2.75) is 53.0 Å². The average Bonchev–Trinajstić information content (AvgIpc) is 2.65. The maximum atomic E-state index is 12.3. The van der Waals surface area contributed by atoms with Gasteiger partial charge in [-0.15, -0.1) is 0 Å². The first-order valence-electron chi connectivity index (χ1n) is 9.82. The number of amides is 1. The Hall–Kier alpha value is -2.24. The Bertz CT molecular complexity index is 645. The molecule has 3 atom stereocenters. The van der Waals surface area contributed by atoms with Crippen LogP contribution in [0.5, 0.6) is 11.5 Å². The van der Waals surface area contributed by atoms with E-state index in [1.807, 2.05) is 13.8 Å². The van der Waals surface area contributed by atoms with Crippen LogP contribution >= 0.6 is 0 Å². The molecule has 0 bridgehead atoms. The number of benzene rings is 1. The van der Waals surface area contributed by atoms with E-state index in [9.17, 15) is 9.59 Å². The zero-order valence-corrected chi connectivity index (χ0v) is 16.7. The van der Waals surface area contributed by atoms with E-state index in [0.717, 1.165) is 12.8 Å². The minimum Gasteiger partial charge on any atom is -0.490 e. The molecule has 6 heteroatoms. The van der Waals surface area contributed by atoms with Crippen LogP contribution in [-0.4, -0.2) is 37.7 Å². The highest BCUT2D eigenvalue weighted by Gasteiger charge is 2.28. The van der Waals surface area contributed by atoms with Gasteiger partial charge in [0.1, 0.15) is 0 Å². The van der Waals surface area contributed by atoms with Crippen molar-refractivity contribution in [3.05, 3.63) is 23.8 Å². The lowest BCUT2D eigenvalue weighted by molar-refractivity contribution is -0.125. The molecule has 0 spiro atoms. The van der Waals surface area contributed by atoms with Crippen molar-refractivity contribution < 1.29 is 23.8 Å². The number of esters is 1. The van der Waals surface area contributed by atoms with Gasteiger partial charge < -0.3 is 19.5 Å². The van der Waals surface area contributed by atoms with Crippen molar-refractivity contribution in [3.8, 4) is 11.5 Å². The minimum absolute atomic E-state index is 0.148. The van der Waals surface area contributed by atoms with Crippen LogP contribution < -0.4 is 14.8 Å². The summed E-state index contributed by atoms with van der Waals surface area (Å²) >= 11 is 0. The molecule has 0 heterocycles. The molecule has 2 rings (SSSR count). The van der Waals surface area contributed by atoms with Crippen molar-refractivity contribution in [2.24, 2.45) is 11.8 Å². The normalized spacial score (nSPS) is 22.0. The molecule has 1 aliphatic rings. The minimum atomic E-state index is -0.556. The van der Waals surface area contributed by atoms with Crippen LogP contribution in [0.3, 0.4) is 0 Å². The topological polar surface area (TPSA) is 73.9 Å². The summed E-state index contributed by atoms with van der Waals surface area (Å²) in [5, 5.41) is 3.00. The van der Waals surface area contributed by atoms with Crippen LogP contribution in [-0.2, 0) is 9.53 Å². The molecule has 0 unspecified atom stereocenters. The third kappa shape index (κ3) is 5.88. The number of ether oxygens (including phenoxy) is 3. The van der Waals surface area contributed by atoms with E-state index < -0.39 is 5.97 Å². The molecule has 1 aromatic rings. The molecule has 1 fully saturated rings. The largest absolute Gasteiger partial charge is 0.490 e. The van der Waals surface area contributed by atoms with Crippen molar-refractivity contribution in [2.75, 3.05) is 19.8 Å². The number of carbonyl (C=O) groups is 2. The van der Waals surface area contributed by atoms with Gasteiger partial charge in [-0.2, -0.15) is 0 Å². The summed E-state index contributed by atoms with van der Waals surface area (Å²) in [5.74, 6) is 1.27. The molecule has 0 saturated heterocycles. The predicted octanol–water partition coefficient (Wildman–Crippen LogP) is 3.58. The van der Waals surface area contributed by atoms with Crippen molar-refractivity contribution >= 4 is 11.9 Å². The molecule has 1 amide bonds. The van der Waals surface area contributed by atoms with Gasteiger partial charge in [-0.05, 0) is 50.3 Å². The van der Waals surface area contributed by atoms with Crippen LogP contribution in [0.15, 0.2) is 18.2 Å². The van der Waals surface area contributed by atoms with Gasteiger partial charge in [0.25, 0.3) is 5.91 Å². The highest BCUT2D eigenvalue weighted by atomic mass is 16.5. The summed E-state index contributed by atoms with van der Waals surface area (Å²) in [4.78, 5) is 24.5. The molecule has 0 radical (unpaired) electrons. The zero-order valence-electron chi connectivity index (χ0n) is 16.7. The maximum Gasteiger partial charge on any atom is 0.338 e.